The van der Waals surface area contributed by atoms with Crippen molar-refractivity contribution >= 4 is 28.0 Å². The van der Waals surface area contributed by atoms with Gasteiger partial charge in [-0.25, -0.2) is 14.4 Å². The minimum absolute atomic E-state index is 0.0316. The van der Waals surface area contributed by atoms with E-state index in [4.69, 9.17) is 18.3 Å². The van der Waals surface area contributed by atoms with Gasteiger partial charge in [-0.3, -0.25) is 4.90 Å². The molecule has 0 bridgehead atoms. The van der Waals surface area contributed by atoms with Gasteiger partial charge < -0.3 is 28.3 Å². The summed E-state index contributed by atoms with van der Waals surface area (Å²) in [7, 11) is 1.49. The predicted octanol–water partition coefficient (Wildman–Crippen LogP) is 3.55. The summed E-state index contributed by atoms with van der Waals surface area (Å²) in [6.45, 7) is 4.41. The summed E-state index contributed by atoms with van der Waals surface area (Å²) in [4.78, 5) is 41.3. The van der Waals surface area contributed by atoms with E-state index in [-0.39, 0.29) is 29.5 Å². The number of carbonyl (C=O) groups excluding carboxylic acids is 1. The SMILES string of the molecule is CCOC(=O)N1CCN(Cc2c(O)ccc3c(-c4cc5cccc(OC)c5oc4=O)cc(=O)oc23)CC1. The van der Waals surface area contributed by atoms with Crippen molar-refractivity contribution in [3.63, 3.8) is 0 Å². The Hall–Kier alpha value is -4.31. The molecule has 2 aromatic heterocycles. The van der Waals surface area contributed by atoms with E-state index in [1.807, 2.05) is 4.90 Å². The Labute approximate surface area is 211 Å². The minimum Gasteiger partial charge on any atom is -0.507 e. The highest BCUT2D eigenvalue weighted by Crippen LogP contribution is 2.34. The number of benzene rings is 2. The summed E-state index contributed by atoms with van der Waals surface area (Å²) in [6.07, 6.45) is -0.349. The lowest BCUT2D eigenvalue weighted by molar-refractivity contribution is 0.0776. The maximum Gasteiger partial charge on any atom is 0.409 e. The van der Waals surface area contributed by atoms with Gasteiger partial charge in [0.05, 0.1) is 24.8 Å². The highest BCUT2D eigenvalue weighted by atomic mass is 16.6. The Morgan fingerprint density at radius 1 is 1.00 bits per heavy atom. The highest BCUT2D eigenvalue weighted by molar-refractivity contribution is 5.97. The van der Waals surface area contributed by atoms with E-state index >= 15 is 0 Å². The molecule has 1 N–H and O–H groups in total. The number of fused-ring (bicyclic) bond motifs is 2. The van der Waals surface area contributed by atoms with Crippen LogP contribution in [0.2, 0.25) is 0 Å². The third-order valence-electron chi connectivity index (χ3n) is 6.50. The van der Waals surface area contributed by atoms with Gasteiger partial charge in [0, 0.05) is 55.1 Å². The van der Waals surface area contributed by atoms with Gasteiger partial charge in [-0.1, -0.05) is 12.1 Å². The van der Waals surface area contributed by atoms with Crippen molar-refractivity contribution in [1.29, 1.82) is 0 Å². The van der Waals surface area contributed by atoms with Crippen LogP contribution in [0.25, 0.3) is 33.1 Å². The lowest BCUT2D eigenvalue weighted by Crippen LogP contribution is -2.48. The Balaban J connectivity index is 1.54. The summed E-state index contributed by atoms with van der Waals surface area (Å²) < 4.78 is 21.5. The monoisotopic (exact) mass is 506 g/mol. The molecule has 0 aliphatic carbocycles. The molecule has 3 heterocycles. The van der Waals surface area contributed by atoms with Crippen LogP contribution in [0.4, 0.5) is 4.79 Å². The number of phenolic OH excluding ortho intramolecular Hbond substituents is 1. The number of phenols is 1. The molecule has 1 aliphatic rings. The van der Waals surface area contributed by atoms with Crippen LogP contribution in [0.1, 0.15) is 12.5 Å². The quantitative estimate of drug-likeness (QED) is 0.405. The molecule has 192 valence electrons. The summed E-state index contributed by atoms with van der Waals surface area (Å²) in [5.74, 6) is 0.393. The normalized spacial score (nSPS) is 14.3. The van der Waals surface area contributed by atoms with E-state index in [1.54, 1.807) is 42.2 Å². The molecule has 0 saturated carbocycles. The Morgan fingerprint density at radius 2 is 1.78 bits per heavy atom. The molecule has 1 saturated heterocycles. The largest absolute Gasteiger partial charge is 0.507 e. The molecular weight excluding hydrogens is 480 g/mol. The van der Waals surface area contributed by atoms with Gasteiger partial charge in [0.25, 0.3) is 0 Å². The second kappa shape index (κ2) is 9.98. The van der Waals surface area contributed by atoms with E-state index in [9.17, 15) is 19.5 Å². The van der Waals surface area contributed by atoms with Crippen molar-refractivity contribution in [2.24, 2.45) is 0 Å². The van der Waals surface area contributed by atoms with Crippen molar-refractivity contribution in [2.45, 2.75) is 13.5 Å². The zero-order chi connectivity index (χ0) is 26.1. The molecule has 0 radical (unpaired) electrons. The highest BCUT2D eigenvalue weighted by Gasteiger charge is 2.24. The number of ether oxygens (including phenoxy) is 2. The first-order chi connectivity index (χ1) is 17.9. The Morgan fingerprint density at radius 3 is 2.51 bits per heavy atom. The number of hydrogen-bond donors (Lipinski definition) is 1. The fraction of sp³-hybridized carbons (Fsp3) is 0.296. The van der Waals surface area contributed by atoms with Crippen LogP contribution in [0, 0.1) is 0 Å². The zero-order valence-electron chi connectivity index (χ0n) is 20.5. The van der Waals surface area contributed by atoms with Crippen LogP contribution in [-0.4, -0.2) is 60.9 Å². The molecule has 0 spiro atoms. The van der Waals surface area contributed by atoms with Gasteiger partial charge in [-0.15, -0.1) is 0 Å². The van der Waals surface area contributed by atoms with Crippen LogP contribution >= 0.6 is 0 Å². The molecule has 2 aromatic carbocycles. The number of piperazine rings is 1. The Kier molecular flexibility index (Phi) is 6.58. The van der Waals surface area contributed by atoms with Gasteiger partial charge in [0.1, 0.15) is 11.3 Å². The average molecular weight is 507 g/mol. The number of methoxy groups -OCH3 is 1. The summed E-state index contributed by atoms with van der Waals surface area (Å²) in [5.41, 5.74) is 0.177. The van der Waals surface area contributed by atoms with Crippen LogP contribution in [0.5, 0.6) is 11.5 Å². The van der Waals surface area contributed by atoms with Crippen molar-refractivity contribution < 1.29 is 28.2 Å². The first-order valence-corrected chi connectivity index (χ1v) is 11.9. The van der Waals surface area contributed by atoms with Gasteiger partial charge in [0.2, 0.25) is 0 Å². The van der Waals surface area contributed by atoms with Gasteiger partial charge in [-0.2, -0.15) is 0 Å². The van der Waals surface area contributed by atoms with Crippen molar-refractivity contribution in [1.82, 2.24) is 9.80 Å². The molecule has 10 heteroatoms. The maximum atomic E-state index is 13.0. The fourth-order valence-electron chi connectivity index (χ4n) is 4.64. The number of rotatable bonds is 5. The van der Waals surface area contributed by atoms with Crippen molar-refractivity contribution in [3.8, 4) is 22.6 Å². The first-order valence-electron chi connectivity index (χ1n) is 11.9. The topological polar surface area (TPSA) is 123 Å². The molecule has 4 aromatic rings. The number of aromatic hydroxyl groups is 1. The maximum absolute atomic E-state index is 13.0. The fourth-order valence-corrected chi connectivity index (χ4v) is 4.64. The molecule has 0 atom stereocenters. The lowest BCUT2D eigenvalue weighted by Gasteiger charge is -2.34. The number of para-hydroxylation sites is 1. The second-order valence-corrected chi connectivity index (χ2v) is 8.71. The molecule has 10 nitrogen and oxygen atoms in total. The average Bonchev–Trinajstić information content (AvgIpc) is 2.89. The molecular formula is C27H26N2O8. The third kappa shape index (κ3) is 4.63. The number of hydrogen-bond acceptors (Lipinski definition) is 9. The third-order valence-corrected chi connectivity index (χ3v) is 6.50. The van der Waals surface area contributed by atoms with E-state index in [1.165, 1.54) is 19.2 Å². The van der Waals surface area contributed by atoms with Crippen LogP contribution in [0.3, 0.4) is 0 Å². The van der Waals surface area contributed by atoms with E-state index in [0.29, 0.717) is 66.0 Å². The second-order valence-electron chi connectivity index (χ2n) is 8.71. The molecule has 5 rings (SSSR count). The number of carbonyl (C=O) groups is 1. The van der Waals surface area contributed by atoms with Crippen LogP contribution in [-0.2, 0) is 11.3 Å². The van der Waals surface area contributed by atoms with Crippen molar-refractivity contribution in [2.75, 3.05) is 39.9 Å². The van der Waals surface area contributed by atoms with Gasteiger partial charge in [0.15, 0.2) is 11.3 Å². The molecule has 1 amide bonds. The van der Waals surface area contributed by atoms with Gasteiger partial charge in [-0.05, 0) is 31.2 Å². The smallest absolute Gasteiger partial charge is 0.409 e. The molecule has 0 unspecified atom stereocenters. The molecule has 1 aliphatic heterocycles. The number of nitrogens with zero attached hydrogens (tertiary/aromatic N) is 2. The summed E-state index contributed by atoms with van der Waals surface area (Å²) in [5, 5.41) is 11.8. The first kappa shape index (κ1) is 24.4. The van der Waals surface area contributed by atoms with Gasteiger partial charge >= 0.3 is 17.3 Å². The van der Waals surface area contributed by atoms with E-state index in [2.05, 4.69) is 0 Å². The molecule has 1 fully saturated rings. The van der Waals surface area contributed by atoms with E-state index in [0.717, 1.165) is 0 Å². The predicted molar refractivity (Wildman–Crippen MR) is 136 cm³/mol. The Bertz CT molecular complexity index is 1600. The summed E-state index contributed by atoms with van der Waals surface area (Å²) in [6, 6.07) is 11.3. The number of amides is 1. The molecule has 37 heavy (non-hydrogen) atoms. The standard InChI is InChI=1S/C27H26N2O8/c1-3-35-27(33)29-11-9-28(10-12-29)15-20-21(30)8-7-17-18(14-23(31)36-25(17)20)19-13-16-5-4-6-22(34-2)24(16)37-26(19)32/h4-8,13-14,30H,3,9-12,15H2,1-2H3. The van der Waals surface area contributed by atoms with E-state index < -0.39 is 11.3 Å². The lowest BCUT2D eigenvalue weighted by atomic mass is 9.99. The minimum atomic E-state index is -0.661. The zero-order valence-corrected chi connectivity index (χ0v) is 20.5. The van der Waals surface area contributed by atoms with Crippen molar-refractivity contribution in [3.05, 3.63) is 68.9 Å². The van der Waals surface area contributed by atoms with Crippen LogP contribution < -0.4 is 16.0 Å². The van der Waals surface area contributed by atoms with Crippen LogP contribution in [0.15, 0.2) is 60.9 Å². The summed E-state index contributed by atoms with van der Waals surface area (Å²) >= 11 is 0.